The SMILES string of the molecule is CCCC(C)CCCOCc1ccccc1. The van der Waals surface area contributed by atoms with Crippen molar-refractivity contribution in [3.8, 4) is 0 Å². The van der Waals surface area contributed by atoms with Crippen molar-refractivity contribution in [3.05, 3.63) is 35.9 Å². The van der Waals surface area contributed by atoms with Gasteiger partial charge in [0.1, 0.15) is 0 Å². The van der Waals surface area contributed by atoms with Crippen LogP contribution >= 0.6 is 0 Å². The number of rotatable bonds is 8. The van der Waals surface area contributed by atoms with Gasteiger partial charge in [0, 0.05) is 6.61 Å². The van der Waals surface area contributed by atoms with E-state index in [2.05, 4.69) is 38.1 Å². The van der Waals surface area contributed by atoms with Crippen molar-refractivity contribution in [2.75, 3.05) is 6.61 Å². The molecule has 16 heavy (non-hydrogen) atoms. The minimum absolute atomic E-state index is 0.753. The quantitative estimate of drug-likeness (QED) is 0.589. The zero-order chi connectivity index (χ0) is 11.6. The monoisotopic (exact) mass is 220 g/mol. The van der Waals surface area contributed by atoms with Crippen LogP contribution in [-0.4, -0.2) is 6.61 Å². The van der Waals surface area contributed by atoms with Gasteiger partial charge in [-0.25, -0.2) is 0 Å². The molecule has 0 saturated carbocycles. The van der Waals surface area contributed by atoms with Gasteiger partial charge >= 0.3 is 0 Å². The summed E-state index contributed by atoms with van der Waals surface area (Å²) in [5.74, 6) is 0.852. The highest BCUT2D eigenvalue weighted by Crippen LogP contribution is 2.12. The minimum atomic E-state index is 0.753. The summed E-state index contributed by atoms with van der Waals surface area (Å²) >= 11 is 0. The van der Waals surface area contributed by atoms with E-state index in [1.807, 2.05) is 6.07 Å². The van der Waals surface area contributed by atoms with Crippen molar-refractivity contribution in [3.63, 3.8) is 0 Å². The molecule has 1 atom stereocenters. The molecular weight excluding hydrogens is 196 g/mol. The minimum Gasteiger partial charge on any atom is -0.377 e. The van der Waals surface area contributed by atoms with Crippen LogP contribution in [0, 0.1) is 5.92 Å². The standard InChI is InChI=1S/C15H24O/c1-3-8-14(2)9-7-12-16-13-15-10-5-4-6-11-15/h4-6,10-11,14H,3,7-9,12-13H2,1-2H3. The average Bonchev–Trinajstić information content (AvgIpc) is 2.30. The molecule has 0 aliphatic carbocycles. The third-order valence-electron chi connectivity index (χ3n) is 2.88. The molecule has 0 radical (unpaired) electrons. The Bertz CT molecular complexity index is 255. The summed E-state index contributed by atoms with van der Waals surface area (Å²) in [6.07, 6.45) is 5.13. The molecule has 90 valence electrons. The number of hydrogen-bond acceptors (Lipinski definition) is 1. The van der Waals surface area contributed by atoms with Crippen LogP contribution in [0.15, 0.2) is 30.3 Å². The Hall–Kier alpha value is -0.820. The van der Waals surface area contributed by atoms with E-state index in [1.165, 1.54) is 31.2 Å². The van der Waals surface area contributed by atoms with Gasteiger partial charge in [0.05, 0.1) is 6.61 Å². The highest BCUT2D eigenvalue weighted by atomic mass is 16.5. The Labute approximate surface area is 99.8 Å². The molecule has 0 amide bonds. The summed E-state index contributed by atoms with van der Waals surface area (Å²) in [5.41, 5.74) is 1.27. The van der Waals surface area contributed by atoms with E-state index in [4.69, 9.17) is 4.74 Å². The second-order valence-electron chi connectivity index (χ2n) is 4.57. The van der Waals surface area contributed by atoms with Gasteiger partial charge < -0.3 is 4.74 Å². The van der Waals surface area contributed by atoms with Crippen LogP contribution in [-0.2, 0) is 11.3 Å². The van der Waals surface area contributed by atoms with Crippen LogP contribution in [0.25, 0.3) is 0 Å². The van der Waals surface area contributed by atoms with Crippen molar-refractivity contribution in [2.24, 2.45) is 5.92 Å². The van der Waals surface area contributed by atoms with E-state index in [0.717, 1.165) is 19.1 Å². The Kier molecular flexibility index (Phi) is 6.91. The van der Waals surface area contributed by atoms with Crippen LogP contribution in [0.4, 0.5) is 0 Å². The summed E-state index contributed by atoms with van der Waals surface area (Å²) in [7, 11) is 0. The van der Waals surface area contributed by atoms with Crippen molar-refractivity contribution in [1.29, 1.82) is 0 Å². The van der Waals surface area contributed by atoms with Crippen molar-refractivity contribution < 1.29 is 4.74 Å². The molecule has 0 bridgehead atoms. The van der Waals surface area contributed by atoms with Crippen LogP contribution < -0.4 is 0 Å². The molecule has 1 aromatic carbocycles. The molecular formula is C15H24O. The third kappa shape index (κ3) is 5.92. The number of ether oxygens (including phenoxy) is 1. The van der Waals surface area contributed by atoms with Crippen LogP contribution in [0.5, 0.6) is 0 Å². The molecule has 0 aliphatic heterocycles. The summed E-state index contributed by atoms with van der Waals surface area (Å²) in [6.45, 7) is 6.23. The van der Waals surface area contributed by atoms with Crippen molar-refractivity contribution in [1.82, 2.24) is 0 Å². The number of benzene rings is 1. The third-order valence-corrected chi connectivity index (χ3v) is 2.88. The summed E-state index contributed by atoms with van der Waals surface area (Å²) < 4.78 is 5.65. The molecule has 1 rings (SSSR count). The van der Waals surface area contributed by atoms with Gasteiger partial charge in [-0.3, -0.25) is 0 Å². The fourth-order valence-electron chi connectivity index (χ4n) is 1.94. The molecule has 0 saturated heterocycles. The summed E-state index contributed by atoms with van der Waals surface area (Å²) in [6, 6.07) is 10.4. The van der Waals surface area contributed by atoms with Crippen molar-refractivity contribution >= 4 is 0 Å². The second-order valence-corrected chi connectivity index (χ2v) is 4.57. The van der Waals surface area contributed by atoms with E-state index in [1.54, 1.807) is 0 Å². The molecule has 0 aromatic heterocycles. The maximum absolute atomic E-state index is 5.65. The maximum Gasteiger partial charge on any atom is 0.0716 e. The highest BCUT2D eigenvalue weighted by Gasteiger charge is 2.00. The Morgan fingerprint density at radius 3 is 2.56 bits per heavy atom. The van der Waals surface area contributed by atoms with Gasteiger partial charge in [-0.05, 0) is 24.3 Å². The van der Waals surface area contributed by atoms with Crippen LogP contribution in [0.1, 0.15) is 45.1 Å². The molecule has 0 heterocycles. The normalized spacial score (nSPS) is 12.6. The predicted molar refractivity (Wildman–Crippen MR) is 69.4 cm³/mol. The Morgan fingerprint density at radius 1 is 1.12 bits per heavy atom. The molecule has 1 heteroatoms. The van der Waals surface area contributed by atoms with Crippen LogP contribution in [0.2, 0.25) is 0 Å². The molecule has 0 aliphatic rings. The smallest absolute Gasteiger partial charge is 0.0716 e. The second kappa shape index (κ2) is 8.35. The van der Waals surface area contributed by atoms with E-state index < -0.39 is 0 Å². The van der Waals surface area contributed by atoms with E-state index in [9.17, 15) is 0 Å². The zero-order valence-electron chi connectivity index (χ0n) is 10.6. The van der Waals surface area contributed by atoms with E-state index in [-0.39, 0.29) is 0 Å². The average molecular weight is 220 g/mol. The molecule has 1 nitrogen and oxygen atoms in total. The summed E-state index contributed by atoms with van der Waals surface area (Å²) in [4.78, 5) is 0. The lowest BCUT2D eigenvalue weighted by Gasteiger charge is -2.09. The Balaban J connectivity index is 2.00. The van der Waals surface area contributed by atoms with Gasteiger partial charge in [0.2, 0.25) is 0 Å². The van der Waals surface area contributed by atoms with E-state index in [0.29, 0.717) is 0 Å². The van der Waals surface area contributed by atoms with Gasteiger partial charge in [-0.2, -0.15) is 0 Å². The molecule has 0 fully saturated rings. The van der Waals surface area contributed by atoms with Crippen molar-refractivity contribution in [2.45, 2.75) is 46.1 Å². The lowest BCUT2D eigenvalue weighted by molar-refractivity contribution is 0.114. The lowest BCUT2D eigenvalue weighted by atomic mass is 10.0. The zero-order valence-corrected chi connectivity index (χ0v) is 10.6. The molecule has 1 aromatic rings. The molecule has 1 unspecified atom stereocenters. The Morgan fingerprint density at radius 2 is 1.88 bits per heavy atom. The first-order valence-electron chi connectivity index (χ1n) is 6.44. The fourth-order valence-corrected chi connectivity index (χ4v) is 1.94. The predicted octanol–water partition coefficient (Wildman–Crippen LogP) is 4.42. The first-order chi connectivity index (χ1) is 7.83. The van der Waals surface area contributed by atoms with Gasteiger partial charge in [0.15, 0.2) is 0 Å². The topological polar surface area (TPSA) is 9.23 Å². The van der Waals surface area contributed by atoms with Gasteiger partial charge in [0.25, 0.3) is 0 Å². The highest BCUT2D eigenvalue weighted by molar-refractivity contribution is 5.13. The van der Waals surface area contributed by atoms with Gasteiger partial charge in [-0.1, -0.05) is 57.0 Å². The number of hydrogen-bond donors (Lipinski definition) is 0. The van der Waals surface area contributed by atoms with E-state index >= 15 is 0 Å². The maximum atomic E-state index is 5.65. The fraction of sp³-hybridized carbons (Fsp3) is 0.600. The summed E-state index contributed by atoms with van der Waals surface area (Å²) in [5, 5.41) is 0. The first-order valence-corrected chi connectivity index (χ1v) is 6.44. The van der Waals surface area contributed by atoms with Crippen LogP contribution in [0.3, 0.4) is 0 Å². The van der Waals surface area contributed by atoms with Gasteiger partial charge in [-0.15, -0.1) is 0 Å². The molecule has 0 spiro atoms. The lowest BCUT2D eigenvalue weighted by Crippen LogP contribution is -1.99. The first kappa shape index (κ1) is 13.2. The molecule has 0 N–H and O–H groups in total. The largest absolute Gasteiger partial charge is 0.377 e.